The molecule has 0 aliphatic rings. The Balaban J connectivity index is 2.66. The Morgan fingerprint density at radius 1 is 1.32 bits per heavy atom. The van der Waals surface area contributed by atoms with E-state index in [9.17, 15) is 14.5 Å². The van der Waals surface area contributed by atoms with Gasteiger partial charge in [0.15, 0.2) is 0 Å². The van der Waals surface area contributed by atoms with E-state index in [2.05, 4.69) is 5.32 Å². The Kier molecular flexibility index (Phi) is 7.93. The molecule has 0 spiro atoms. The Hall–Kier alpha value is -1.56. The molecule has 1 atom stereocenters. The molecule has 1 aromatic rings. The zero-order chi connectivity index (χ0) is 19.1. The minimum atomic E-state index is -3.21. The van der Waals surface area contributed by atoms with E-state index in [1.54, 1.807) is 45.9 Å². The van der Waals surface area contributed by atoms with Crippen LogP contribution >= 0.6 is 7.60 Å². The highest BCUT2D eigenvalue weighted by Gasteiger charge is 2.20. The van der Waals surface area contributed by atoms with Gasteiger partial charge in [-0.2, -0.15) is 0 Å². The number of benzene rings is 1. The number of nitrogens with one attached hydrogen (secondary N) is 1. The van der Waals surface area contributed by atoms with Gasteiger partial charge in [-0.1, -0.05) is 6.07 Å². The molecule has 0 aliphatic heterocycles. The fourth-order valence-corrected chi connectivity index (χ4v) is 3.12. The van der Waals surface area contributed by atoms with Crippen molar-refractivity contribution in [3.8, 4) is 5.75 Å². The van der Waals surface area contributed by atoms with Crippen LogP contribution in [0.15, 0.2) is 18.2 Å². The van der Waals surface area contributed by atoms with Gasteiger partial charge in [0.2, 0.25) is 0 Å². The molecule has 25 heavy (non-hydrogen) atoms. The van der Waals surface area contributed by atoms with E-state index in [1.807, 2.05) is 0 Å². The molecule has 1 unspecified atom stereocenters. The topological polar surface area (TPSA) is 94.1 Å². The van der Waals surface area contributed by atoms with Crippen molar-refractivity contribution in [1.29, 1.82) is 0 Å². The number of carbonyl (C=O) groups excluding carboxylic acids is 1. The van der Waals surface area contributed by atoms with Gasteiger partial charge in [0.05, 0.1) is 13.2 Å². The van der Waals surface area contributed by atoms with Crippen LogP contribution in [-0.4, -0.2) is 36.6 Å². The Labute approximate surface area is 149 Å². The van der Waals surface area contributed by atoms with E-state index in [1.165, 1.54) is 6.66 Å². The predicted octanol–water partition coefficient (Wildman–Crippen LogP) is 3.48. The number of carbonyl (C=O) groups is 1. The third-order valence-corrected chi connectivity index (χ3v) is 4.26. The Morgan fingerprint density at radius 3 is 2.56 bits per heavy atom. The summed E-state index contributed by atoms with van der Waals surface area (Å²) < 4.78 is 27.8. The van der Waals surface area contributed by atoms with Gasteiger partial charge in [-0.05, 0) is 51.8 Å². The summed E-state index contributed by atoms with van der Waals surface area (Å²) in [5.41, 5.74) is 0.869. The van der Waals surface area contributed by atoms with Crippen LogP contribution in [0, 0.1) is 0 Å². The first-order chi connectivity index (χ1) is 11.6. The molecule has 142 valence electrons. The number of hydrogen-bond acceptors (Lipinski definition) is 6. The molecule has 0 aromatic heterocycles. The van der Waals surface area contributed by atoms with E-state index < -0.39 is 19.3 Å². The summed E-state index contributed by atoms with van der Waals surface area (Å²) in [6.45, 7) is 8.93. The van der Waals surface area contributed by atoms with Crippen LogP contribution in [0.25, 0.3) is 0 Å². The molecule has 0 radical (unpaired) electrons. The second kappa shape index (κ2) is 9.22. The first kappa shape index (κ1) is 21.5. The monoisotopic (exact) mass is 373 g/mol. The van der Waals surface area contributed by atoms with Crippen molar-refractivity contribution in [2.75, 3.05) is 19.8 Å². The molecule has 8 heteroatoms. The molecule has 0 fully saturated rings. The summed E-state index contributed by atoms with van der Waals surface area (Å²) >= 11 is 0. The maximum atomic E-state index is 12.1. The number of amides is 1. The predicted molar refractivity (Wildman–Crippen MR) is 96.1 cm³/mol. The van der Waals surface area contributed by atoms with E-state index >= 15 is 0 Å². The first-order valence-corrected chi connectivity index (χ1v) is 10.2. The molecule has 1 aromatic carbocycles. The maximum Gasteiger partial charge on any atom is 0.407 e. The van der Waals surface area contributed by atoms with Crippen molar-refractivity contribution in [1.82, 2.24) is 5.32 Å². The zero-order valence-electron chi connectivity index (χ0n) is 15.5. The highest BCUT2D eigenvalue weighted by molar-refractivity contribution is 7.53. The van der Waals surface area contributed by atoms with Gasteiger partial charge in [-0.25, -0.2) is 9.36 Å². The Bertz CT molecular complexity index is 626. The third kappa shape index (κ3) is 8.38. The van der Waals surface area contributed by atoms with Gasteiger partial charge in [0, 0.05) is 18.8 Å². The molecule has 0 heterocycles. The molecule has 0 saturated carbocycles. The molecular weight excluding hydrogens is 345 g/mol. The van der Waals surface area contributed by atoms with Crippen LogP contribution in [0.3, 0.4) is 0 Å². The van der Waals surface area contributed by atoms with E-state index in [0.717, 1.165) is 5.56 Å². The van der Waals surface area contributed by atoms with Crippen molar-refractivity contribution in [3.63, 3.8) is 0 Å². The SMILES string of the molecule is CCOP(C)(=O)Oc1ccc(CCNC(=O)OC(C)(C)C)cc1CO. The maximum absolute atomic E-state index is 12.1. The summed E-state index contributed by atoms with van der Waals surface area (Å²) in [5.74, 6) is 0.325. The summed E-state index contributed by atoms with van der Waals surface area (Å²) in [7, 11) is -3.21. The number of alkyl carbamates (subject to hydrolysis) is 1. The van der Waals surface area contributed by atoms with Crippen LogP contribution in [-0.2, 0) is 26.9 Å². The fraction of sp³-hybridized carbons (Fsp3) is 0.588. The average molecular weight is 373 g/mol. The number of aliphatic hydroxyl groups is 1. The van der Waals surface area contributed by atoms with Gasteiger partial charge >= 0.3 is 13.7 Å². The molecule has 0 bridgehead atoms. The number of hydrogen-bond donors (Lipinski definition) is 2. The highest BCUT2D eigenvalue weighted by Crippen LogP contribution is 2.45. The second-order valence-electron chi connectivity index (χ2n) is 6.56. The zero-order valence-corrected chi connectivity index (χ0v) is 16.4. The summed E-state index contributed by atoms with van der Waals surface area (Å²) in [6, 6.07) is 5.18. The third-order valence-electron chi connectivity index (χ3n) is 3.00. The minimum absolute atomic E-state index is 0.255. The van der Waals surface area contributed by atoms with Gasteiger partial charge in [0.1, 0.15) is 11.4 Å². The van der Waals surface area contributed by atoms with Crippen molar-refractivity contribution in [2.24, 2.45) is 0 Å². The quantitative estimate of drug-likeness (QED) is 0.678. The van der Waals surface area contributed by atoms with Crippen LogP contribution < -0.4 is 9.84 Å². The van der Waals surface area contributed by atoms with Crippen LogP contribution in [0.1, 0.15) is 38.8 Å². The van der Waals surface area contributed by atoms with Crippen molar-refractivity contribution in [2.45, 2.75) is 46.3 Å². The average Bonchev–Trinajstić information content (AvgIpc) is 2.46. The lowest BCUT2D eigenvalue weighted by atomic mass is 10.1. The van der Waals surface area contributed by atoms with Crippen molar-refractivity contribution >= 4 is 13.7 Å². The molecule has 1 amide bonds. The van der Waals surface area contributed by atoms with Crippen molar-refractivity contribution < 1.29 is 28.3 Å². The minimum Gasteiger partial charge on any atom is -0.444 e. The lowest BCUT2D eigenvalue weighted by Crippen LogP contribution is -2.33. The fourth-order valence-electron chi connectivity index (χ4n) is 2.06. The van der Waals surface area contributed by atoms with E-state index in [0.29, 0.717) is 24.3 Å². The van der Waals surface area contributed by atoms with Gasteiger partial charge in [-0.15, -0.1) is 0 Å². The molecule has 7 nitrogen and oxygen atoms in total. The van der Waals surface area contributed by atoms with Crippen LogP contribution in [0.5, 0.6) is 5.75 Å². The van der Waals surface area contributed by atoms with Gasteiger partial charge in [0.25, 0.3) is 0 Å². The highest BCUT2D eigenvalue weighted by atomic mass is 31.2. The summed E-state index contributed by atoms with van der Waals surface area (Å²) in [4.78, 5) is 11.6. The van der Waals surface area contributed by atoms with Gasteiger partial charge < -0.3 is 24.2 Å². The second-order valence-corrected chi connectivity index (χ2v) is 8.54. The molecule has 0 aliphatic carbocycles. The Morgan fingerprint density at radius 2 is 2.00 bits per heavy atom. The number of ether oxygens (including phenoxy) is 1. The van der Waals surface area contributed by atoms with E-state index in [-0.39, 0.29) is 13.2 Å². The molecule has 2 N–H and O–H groups in total. The lowest BCUT2D eigenvalue weighted by molar-refractivity contribution is 0.0528. The summed E-state index contributed by atoms with van der Waals surface area (Å²) in [5, 5.41) is 12.2. The van der Waals surface area contributed by atoms with E-state index in [4.69, 9.17) is 13.8 Å². The first-order valence-electron chi connectivity index (χ1n) is 8.17. The van der Waals surface area contributed by atoms with Gasteiger partial charge in [-0.3, -0.25) is 0 Å². The molecule has 0 saturated heterocycles. The largest absolute Gasteiger partial charge is 0.444 e. The number of rotatable bonds is 8. The van der Waals surface area contributed by atoms with Crippen LogP contribution in [0.4, 0.5) is 4.79 Å². The smallest absolute Gasteiger partial charge is 0.407 e. The number of aliphatic hydroxyl groups excluding tert-OH is 1. The summed E-state index contributed by atoms with van der Waals surface area (Å²) in [6.07, 6.45) is 0.0837. The molecular formula is C17H28NO6P. The van der Waals surface area contributed by atoms with Crippen molar-refractivity contribution in [3.05, 3.63) is 29.3 Å². The molecule has 1 rings (SSSR count). The van der Waals surface area contributed by atoms with Crippen LogP contribution in [0.2, 0.25) is 0 Å². The lowest BCUT2D eigenvalue weighted by Gasteiger charge is -2.20. The standard InChI is InChI=1S/C17H28NO6P/c1-6-22-25(5,21)24-15-8-7-13(11-14(15)12-19)9-10-18-16(20)23-17(2,3)4/h7-8,11,19H,6,9-10,12H2,1-5H3,(H,18,20). The normalized spacial score (nSPS) is 13.8.